The molecule has 170 valence electrons. The van der Waals surface area contributed by atoms with Gasteiger partial charge >= 0.3 is 11.8 Å². The molecule has 2 aromatic heterocycles. The summed E-state index contributed by atoms with van der Waals surface area (Å²) in [6, 6.07) is 3.17. The van der Waals surface area contributed by atoms with Gasteiger partial charge in [0.25, 0.3) is 0 Å². The Morgan fingerprint density at radius 2 is 1.91 bits per heavy atom. The summed E-state index contributed by atoms with van der Waals surface area (Å²) < 4.78 is 37.6. The zero-order valence-corrected chi connectivity index (χ0v) is 18.6. The first-order valence-corrected chi connectivity index (χ1v) is 10.2. The molecule has 1 atom stereocenters. The number of benzene rings is 1. The van der Waals surface area contributed by atoms with E-state index >= 15 is 4.39 Å². The molecule has 0 spiro atoms. The Morgan fingerprint density at radius 3 is 2.47 bits per heavy atom. The Balaban J connectivity index is 1.89. The molecule has 1 aliphatic heterocycles. The van der Waals surface area contributed by atoms with Crippen LogP contribution in [0.15, 0.2) is 29.3 Å². The van der Waals surface area contributed by atoms with Gasteiger partial charge in [-0.1, -0.05) is 0 Å². The van der Waals surface area contributed by atoms with E-state index in [9.17, 15) is 14.0 Å². The van der Waals surface area contributed by atoms with E-state index in [0.29, 0.717) is 22.4 Å². The molecule has 1 aliphatic rings. The van der Waals surface area contributed by atoms with Crippen LogP contribution in [0.2, 0.25) is 0 Å². The van der Waals surface area contributed by atoms with Crippen LogP contribution in [0.4, 0.5) is 13.6 Å². The number of aromatic nitrogens is 4. The molecule has 0 saturated heterocycles. The van der Waals surface area contributed by atoms with E-state index in [-0.39, 0.29) is 30.4 Å². The number of hydrogen-bond acceptors (Lipinski definition) is 4. The summed E-state index contributed by atoms with van der Waals surface area (Å²) in [5.74, 6) is -0.0573. The molecule has 1 aromatic carbocycles. The average molecular weight is 445 g/mol. The third-order valence-electron chi connectivity index (χ3n) is 5.21. The highest BCUT2D eigenvalue weighted by Crippen LogP contribution is 2.35. The normalized spacial score (nSPS) is 16.2. The SMILES string of the molecule is Cc1cc(-n2nc3c(c2-n2cc[nH]c2=O)CN(C(=O)OC(C)(C)C)C[C@@H]3F)cc(C)c1F. The highest BCUT2D eigenvalue weighted by molar-refractivity contribution is 5.69. The summed E-state index contributed by atoms with van der Waals surface area (Å²) >= 11 is 0. The van der Waals surface area contributed by atoms with Gasteiger partial charge in [-0.2, -0.15) is 5.10 Å². The van der Waals surface area contributed by atoms with Crippen molar-refractivity contribution in [3.63, 3.8) is 0 Å². The van der Waals surface area contributed by atoms with Gasteiger partial charge < -0.3 is 14.6 Å². The van der Waals surface area contributed by atoms with E-state index < -0.39 is 23.6 Å². The Morgan fingerprint density at radius 1 is 1.25 bits per heavy atom. The Labute approximate surface area is 183 Å². The fourth-order valence-corrected chi connectivity index (χ4v) is 3.82. The lowest BCUT2D eigenvalue weighted by Crippen LogP contribution is -2.41. The number of fused-ring (bicyclic) bond motifs is 1. The van der Waals surface area contributed by atoms with Crippen LogP contribution in [0.25, 0.3) is 11.5 Å². The van der Waals surface area contributed by atoms with Gasteiger partial charge in [0.1, 0.15) is 22.9 Å². The van der Waals surface area contributed by atoms with Crippen molar-refractivity contribution in [1.29, 1.82) is 0 Å². The molecule has 0 aliphatic carbocycles. The number of carbonyl (C=O) groups excluding carboxylic acids is 1. The molecular formula is C22H25F2N5O3. The fourth-order valence-electron chi connectivity index (χ4n) is 3.82. The lowest BCUT2D eigenvalue weighted by Gasteiger charge is -2.31. The molecule has 1 N–H and O–H groups in total. The van der Waals surface area contributed by atoms with Gasteiger partial charge in [-0.05, 0) is 57.9 Å². The van der Waals surface area contributed by atoms with Crippen molar-refractivity contribution >= 4 is 6.09 Å². The highest BCUT2D eigenvalue weighted by atomic mass is 19.1. The zero-order chi connectivity index (χ0) is 23.4. The minimum Gasteiger partial charge on any atom is -0.444 e. The minimum atomic E-state index is -1.58. The van der Waals surface area contributed by atoms with Crippen LogP contribution in [0.3, 0.4) is 0 Å². The minimum absolute atomic E-state index is 0.0107. The summed E-state index contributed by atoms with van der Waals surface area (Å²) in [6.45, 7) is 8.23. The highest BCUT2D eigenvalue weighted by Gasteiger charge is 2.37. The topological polar surface area (TPSA) is 85.2 Å². The first-order valence-electron chi connectivity index (χ1n) is 10.2. The number of ether oxygens (including phenoxy) is 1. The second kappa shape index (κ2) is 7.61. The number of hydrogen-bond donors (Lipinski definition) is 1. The summed E-state index contributed by atoms with van der Waals surface area (Å²) in [5, 5.41) is 4.45. The monoisotopic (exact) mass is 445 g/mol. The zero-order valence-electron chi connectivity index (χ0n) is 18.6. The number of nitrogens with zero attached hydrogens (tertiary/aromatic N) is 4. The molecule has 3 heterocycles. The van der Waals surface area contributed by atoms with E-state index in [2.05, 4.69) is 10.1 Å². The summed E-state index contributed by atoms with van der Waals surface area (Å²) in [6.07, 6.45) is 0.719. The summed E-state index contributed by atoms with van der Waals surface area (Å²) in [4.78, 5) is 28.9. The predicted octanol–water partition coefficient (Wildman–Crippen LogP) is 3.87. The van der Waals surface area contributed by atoms with Crippen molar-refractivity contribution in [2.45, 2.75) is 52.9 Å². The average Bonchev–Trinajstić information content (AvgIpc) is 3.27. The molecule has 3 aromatic rings. The number of aryl methyl sites for hydroxylation is 2. The Hall–Kier alpha value is -3.43. The second-order valence-corrected chi connectivity index (χ2v) is 8.96. The van der Waals surface area contributed by atoms with Crippen LogP contribution in [0.5, 0.6) is 0 Å². The van der Waals surface area contributed by atoms with Crippen LogP contribution >= 0.6 is 0 Å². The van der Waals surface area contributed by atoms with Crippen molar-refractivity contribution < 1.29 is 18.3 Å². The molecule has 0 unspecified atom stereocenters. The van der Waals surface area contributed by atoms with Gasteiger partial charge in [-0.3, -0.25) is 4.57 Å². The molecule has 10 heteroatoms. The third-order valence-corrected chi connectivity index (χ3v) is 5.21. The molecular weight excluding hydrogens is 420 g/mol. The standard InChI is InChI=1S/C22H25F2N5O3/c1-12-8-14(9-13(2)17(12)24)29-19(28-7-6-25-20(28)30)15-10-27(11-16(23)18(15)26-29)21(31)32-22(3,4)5/h6-9,16H,10-11H2,1-5H3,(H,25,30)/t16-/m0/s1. The van der Waals surface area contributed by atoms with Gasteiger partial charge in [0.05, 0.1) is 18.8 Å². The number of halogens is 2. The third kappa shape index (κ3) is 3.80. The second-order valence-electron chi connectivity index (χ2n) is 8.96. The lowest BCUT2D eigenvalue weighted by atomic mass is 10.1. The van der Waals surface area contributed by atoms with E-state index in [0.717, 1.165) is 0 Å². The van der Waals surface area contributed by atoms with E-state index in [4.69, 9.17) is 4.74 Å². The van der Waals surface area contributed by atoms with Crippen molar-refractivity contribution in [2.75, 3.05) is 6.54 Å². The van der Waals surface area contributed by atoms with E-state index in [1.54, 1.807) is 46.8 Å². The number of nitrogens with one attached hydrogen (secondary N) is 1. The predicted molar refractivity (Wildman–Crippen MR) is 113 cm³/mol. The van der Waals surface area contributed by atoms with Crippen LogP contribution < -0.4 is 5.69 Å². The van der Waals surface area contributed by atoms with Gasteiger partial charge in [-0.25, -0.2) is 23.1 Å². The molecule has 1 amide bonds. The van der Waals surface area contributed by atoms with Gasteiger partial charge in [-0.15, -0.1) is 0 Å². The quantitative estimate of drug-likeness (QED) is 0.649. The van der Waals surface area contributed by atoms with Crippen molar-refractivity contribution in [2.24, 2.45) is 0 Å². The fraction of sp³-hybridized carbons (Fsp3) is 0.409. The van der Waals surface area contributed by atoms with Crippen molar-refractivity contribution in [3.05, 3.63) is 63.2 Å². The molecule has 32 heavy (non-hydrogen) atoms. The number of amides is 1. The number of aromatic amines is 1. The van der Waals surface area contributed by atoms with Crippen molar-refractivity contribution in [3.8, 4) is 11.5 Å². The van der Waals surface area contributed by atoms with E-state index in [1.807, 2.05) is 0 Å². The van der Waals surface area contributed by atoms with Crippen LogP contribution in [-0.2, 0) is 11.3 Å². The number of carbonyl (C=O) groups is 1. The Kier molecular flexibility index (Phi) is 5.18. The summed E-state index contributed by atoms with van der Waals surface area (Å²) in [7, 11) is 0. The number of imidazole rings is 1. The molecule has 0 fully saturated rings. The first-order chi connectivity index (χ1) is 15.0. The maximum absolute atomic E-state index is 15.2. The number of rotatable bonds is 2. The molecule has 0 bridgehead atoms. The maximum Gasteiger partial charge on any atom is 0.410 e. The summed E-state index contributed by atoms with van der Waals surface area (Å²) in [5.41, 5.74) is 0.602. The Bertz CT molecular complexity index is 1230. The van der Waals surface area contributed by atoms with Gasteiger partial charge in [0.15, 0.2) is 6.17 Å². The van der Waals surface area contributed by atoms with E-state index in [1.165, 1.54) is 26.5 Å². The van der Waals surface area contributed by atoms with Crippen LogP contribution in [-0.4, -0.2) is 42.5 Å². The molecule has 0 saturated carbocycles. The van der Waals surface area contributed by atoms with Gasteiger partial charge in [0.2, 0.25) is 0 Å². The number of alkyl halides is 1. The van der Waals surface area contributed by atoms with Crippen LogP contribution in [0, 0.1) is 19.7 Å². The molecule has 0 radical (unpaired) electrons. The molecule has 8 nitrogen and oxygen atoms in total. The maximum atomic E-state index is 15.2. The van der Waals surface area contributed by atoms with Crippen molar-refractivity contribution in [1.82, 2.24) is 24.2 Å². The largest absolute Gasteiger partial charge is 0.444 e. The smallest absolute Gasteiger partial charge is 0.410 e. The number of H-pyrrole nitrogens is 1. The van der Waals surface area contributed by atoms with Gasteiger partial charge in [0, 0.05) is 18.0 Å². The lowest BCUT2D eigenvalue weighted by molar-refractivity contribution is 0.0157. The molecule has 4 rings (SSSR count). The first kappa shape index (κ1) is 21.8. The van der Waals surface area contributed by atoms with Crippen LogP contribution in [0.1, 0.15) is 49.3 Å².